The topological polar surface area (TPSA) is 41.3 Å². The SMILES string of the molecule is C=Cc1ccc(CN(N)C(=S)NC)cc1. The lowest BCUT2D eigenvalue weighted by Gasteiger charge is -2.18. The Kier molecular flexibility index (Phi) is 4.27. The third-order valence-corrected chi connectivity index (χ3v) is 2.48. The van der Waals surface area contributed by atoms with E-state index in [4.69, 9.17) is 18.1 Å². The zero-order valence-electron chi connectivity index (χ0n) is 8.73. The largest absolute Gasteiger partial charge is 0.365 e. The smallest absolute Gasteiger partial charge is 0.183 e. The first-order valence-corrected chi connectivity index (χ1v) is 5.03. The van der Waals surface area contributed by atoms with Crippen molar-refractivity contribution >= 4 is 23.4 Å². The van der Waals surface area contributed by atoms with Crippen molar-refractivity contribution in [1.82, 2.24) is 10.3 Å². The van der Waals surface area contributed by atoms with E-state index in [1.807, 2.05) is 30.3 Å². The molecule has 0 unspecified atom stereocenters. The molecule has 0 heterocycles. The molecular formula is C11H15N3S. The Bertz CT molecular complexity index is 345. The second-order valence-corrected chi connectivity index (χ2v) is 3.52. The fraction of sp³-hybridized carbons (Fsp3) is 0.182. The van der Waals surface area contributed by atoms with E-state index in [2.05, 4.69) is 11.9 Å². The summed E-state index contributed by atoms with van der Waals surface area (Å²) in [5, 5.41) is 4.85. The Morgan fingerprint density at radius 2 is 2.13 bits per heavy atom. The van der Waals surface area contributed by atoms with Crippen molar-refractivity contribution in [3.63, 3.8) is 0 Å². The fourth-order valence-electron chi connectivity index (χ4n) is 1.17. The van der Waals surface area contributed by atoms with Crippen LogP contribution in [-0.4, -0.2) is 17.2 Å². The number of nitrogens with zero attached hydrogens (tertiary/aromatic N) is 1. The van der Waals surface area contributed by atoms with E-state index >= 15 is 0 Å². The fourth-order valence-corrected chi connectivity index (χ4v) is 1.24. The van der Waals surface area contributed by atoms with E-state index in [9.17, 15) is 0 Å². The number of hydrogen-bond acceptors (Lipinski definition) is 2. The minimum Gasteiger partial charge on any atom is -0.365 e. The van der Waals surface area contributed by atoms with Crippen molar-refractivity contribution in [2.75, 3.05) is 7.05 Å². The van der Waals surface area contributed by atoms with Gasteiger partial charge in [0.25, 0.3) is 0 Å². The van der Waals surface area contributed by atoms with E-state index < -0.39 is 0 Å². The lowest BCUT2D eigenvalue weighted by molar-refractivity contribution is 0.429. The van der Waals surface area contributed by atoms with Crippen molar-refractivity contribution in [2.45, 2.75) is 6.54 Å². The predicted octanol–water partition coefficient (Wildman–Crippen LogP) is 1.51. The van der Waals surface area contributed by atoms with Gasteiger partial charge >= 0.3 is 0 Å². The van der Waals surface area contributed by atoms with Crippen molar-refractivity contribution in [3.8, 4) is 0 Å². The van der Waals surface area contributed by atoms with Crippen LogP contribution in [0, 0.1) is 0 Å². The third-order valence-electron chi connectivity index (χ3n) is 2.04. The summed E-state index contributed by atoms with van der Waals surface area (Å²) in [5.41, 5.74) is 2.21. The van der Waals surface area contributed by atoms with Gasteiger partial charge in [-0.05, 0) is 23.3 Å². The molecule has 4 heteroatoms. The molecule has 1 rings (SSSR count). The summed E-state index contributed by atoms with van der Waals surface area (Å²) >= 11 is 5.00. The number of nitrogens with two attached hydrogens (primary N) is 1. The zero-order valence-corrected chi connectivity index (χ0v) is 9.55. The molecule has 0 aliphatic carbocycles. The van der Waals surface area contributed by atoms with Crippen LogP contribution in [0.5, 0.6) is 0 Å². The van der Waals surface area contributed by atoms with Crippen LogP contribution in [0.15, 0.2) is 30.8 Å². The van der Waals surface area contributed by atoms with Gasteiger partial charge in [0.15, 0.2) is 5.11 Å². The Labute approximate surface area is 95.5 Å². The number of nitrogens with one attached hydrogen (secondary N) is 1. The first-order chi connectivity index (χ1) is 7.17. The average molecular weight is 221 g/mol. The molecule has 0 amide bonds. The lowest BCUT2D eigenvalue weighted by Crippen LogP contribution is -2.42. The Balaban J connectivity index is 2.64. The highest BCUT2D eigenvalue weighted by molar-refractivity contribution is 7.80. The zero-order chi connectivity index (χ0) is 11.3. The summed E-state index contributed by atoms with van der Waals surface area (Å²) in [4.78, 5) is 0. The quantitative estimate of drug-likeness (QED) is 0.461. The first kappa shape index (κ1) is 11.7. The number of hydrogen-bond donors (Lipinski definition) is 2. The molecule has 0 radical (unpaired) electrons. The van der Waals surface area contributed by atoms with E-state index in [1.54, 1.807) is 7.05 Å². The summed E-state index contributed by atoms with van der Waals surface area (Å²) in [5.74, 6) is 5.74. The average Bonchev–Trinajstić information content (AvgIpc) is 2.29. The number of thiocarbonyl (C=S) groups is 1. The van der Waals surface area contributed by atoms with Crippen molar-refractivity contribution in [2.24, 2.45) is 5.84 Å². The monoisotopic (exact) mass is 221 g/mol. The molecule has 0 fully saturated rings. The summed E-state index contributed by atoms with van der Waals surface area (Å²) in [6.07, 6.45) is 1.81. The van der Waals surface area contributed by atoms with Gasteiger partial charge in [-0.2, -0.15) is 0 Å². The summed E-state index contributed by atoms with van der Waals surface area (Å²) in [6.45, 7) is 4.29. The van der Waals surface area contributed by atoms with Crippen LogP contribution in [0.4, 0.5) is 0 Å². The highest BCUT2D eigenvalue weighted by Crippen LogP contribution is 2.06. The molecule has 1 aromatic rings. The molecule has 0 atom stereocenters. The predicted molar refractivity (Wildman–Crippen MR) is 67.9 cm³/mol. The van der Waals surface area contributed by atoms with E-state index in [0.717, 1.165) is 11.1 Å². The molecule has 0 saturated carbocycles. The molecule has 0 saturated heterocycles. The number of hydrazine groups is 1. The van der Waals surface area contributed by atoms with E-state index in [0.29, 0.717) is 11.7 Å². The van der Waals surface area contributed by atoms with Crippen LogP contribution in [0.2, 0.25) is 0 Å². The van der Waals surface area contributed by atoms with Gasteiger partial charge in [-0.3, -0.25) is 5.01 Å². The summed E-state index contributed by atoms with van der Waals surface area (Å²) < 4.78 is 0. The Morgan fingerprint density at radius 3 is 2.60 bits per heavy atom. The maximum Gasteiger partial charge on any atom is 0.183 e. The highest BCUT2D eigenvalue weighted by Gasteiger charge is 2.02. The highest BCUT2D eigenvalue weighted by atomic mass is 32.1. The van der Waals surface area contributed by atoms with Gasteiger partial charge < -0.3 is 5.32 Å². The Morgan fingerprint density at radius 1 is 1.53 bits per heavy atom. The molecule has 0 aliphatic rings. The lowest BCUT2D eigenvalue weighted by atomic mass is 10.1. The standard InChI is InChI=1S/C11H15N3S/c1-3-9-4-6-10(7-5-9)8-14(12)11(15)13-2/h3-7H,1,8,12H2,2H3,(H,13,15). The van der Waals surface area contributed by atoms with Gasteiger partial charge in [-0.15, -0.1) is 0 Å². The van der Waals surface area contributed by atoms with Gasteiger partial charge in [0.05, 0.1) is 6.54 Å². The normalized spacial score (nSPS) is 9.47. The second-order valence-electron chi connectivity index (χ2n) is 3.13. The van der Waals surface area contributed by atoms with Gasteiger partial charge in [-0.25, -0.2) is 5.84 Å². The molecule has 0 bridgehead atoms. The minimum atomic E-state index is 0.530. The first-order valence-electron chi connectivity index (χ1n) is 4.62. The van der Waals surface area contributed by atoms with E-state index in [-0.39, 0.29) is 0 Å². The van der Waals surface area contributed by atoms with E-state index in [1.165, 1.54) is 5.01 Å². The van der Waals surface area contributed by atoms with Crippen LogP contribution in [0.1, 0.15) is 11.1 Å². The molecule has 0 aliphatic heterocycles. The molecule has 15 heavy (non-hydrogen) atoms. The molecule has 0 aromatic heterocycles. The number of rotatable bonds is 3. The molecule has 1 aromatic carbocycles. The molecule has 80 valence electrons. The van der Waals surface area contributed by atoms with Crippen LogP contribution >= 0.6 is 12.2 Å². The van der Waals surface area contributed by atoms with Crippen LogP contribution in [-0.2, 0) is 6.54 Å². The number of benzene rings is 1. The second kappa shape index (κ2) is 5.48. The van der Waals surface area contributed by atoms with Crippen molar-refractivity contribution in [3.05, 3.63) is 42.0 Å². The maximum atomic E-state index is 5.74. The van der Waals surface area contributed by atoms with Crippen LogP contribution in [0.3, 0.4) is 0 Å². The van der Waals surface area contributed by atoms with Crippen LogP contribution in [0.25, 0.3) is 6.08 Å². The summed E-state index contributed by atoms with van der Waals surface area (Å²) in [7, 11) is 1.75. The molecule has 3 nitrogen and oxygen atoms in total. The Hall–Kier alpha value is -1.39. The third kappa shape index (κ3) is 3.34. The van der Waals surface area contributed by atoms with Crippen LogP contribution < -0.4 is 11.2 Å². The maximum absolute atomic E-state index is 5.74. The van der Waals surface area contributed by atoms with Gasteiger partial charge in [0.2, 0.25) is 0 Å². The molecule has 0 spiro atoms. The van der Waals surface area contributed by atoms with Gasteiger partial charge in [-0.1, -0.05) is 36.9 Å². The van der Waals surface area contributed by atoms with Crippen molar-refractivity contribution in [1.29, 1.82) is 0 Å². The molecular weight excluding hydrogens is 206 g/mol. The van der Waals surface area contributed by atoms with Gasteiger partial charge in [0, 0.05) is 7.05 Å². The van der Waals surface area contributed by atoms with Gasteiger partial charge in [0.1, 0.15) is 0 Å². The molecule has 3 N–H and O–H groups in total. The van der Waals surface area contributed by atoms with Crippen molar-refractivity contribution < 1.29 is 0 Å². The minimum absolute atomic E-state index is 0.530. The summed E-state index contributed by atoms with van der Waals surface area (Å²) in [6, 6.07) is 8.02.